The van der Waals surface area contributed by atoms with E-state index in [1.165, 1.54) is 42.6 Å². The average Bonchev–Trinajstić information content (AvgIpc) is 2.90. The zero-order valence-corrected chi connectivity index (χ0v) is 22.4. The van der Waals surface area contributed by atoms with E-state index in [1.54, 1.807) is 66.7 Å². The minimum Gasteiger partial charge on any atom is -0.225 e. The standard InChI is InChI=1S/C13H11NO2S.C6H5ClO2S.C6H7NO2S/c15-17(16,13-9-5-2-6-10-13)14-11-12-7-3-1-4-8-12;2*7-10(8,9)6-4-2-1-3-5-6/h1-11H;1-5H;1-5H,(H2,7,8,9). The lowest BCUT2D eigenvalue weighted by atomic mass is 10.2. The molecule has 0 heterocycles. The molecule has 0 fully saturated rings. The Morgan fingerprint density at radius 3 is 1.22 bits per heavy atom. The van der Waals surface area contributed by atoms with Crippen molar-refractivity contribution in [2.24, 2.45) is 9.54 Å². The summed E-state index contributed by atoms with van der Waals surface area (Å²) in [6.07, 6.45) is 1.35. The highest BCUT2D eigenvalue weighted by Gasteiger charge is 2.10. The maximum atomic E-state index is 11.8. The third-order valence-corrected chi connectivity index (χ3v) is 7.83. The lowest BCUT2D eigenvalue weighted by Crippen LogP contribution is -2.11. The minimum absolute atomic E-state index is 0.136. The van der Waals surface area contributed by atoms with Gasteiger partial charge in [0.25, 0.3) is 19.1 Å². The third kappa shape index (κ3) is 11.1. The zero-order valence-electron chi connectivity index (χ0n) is 19.2. The quantitative estimate of drug-likeness (QED) is 0.274. The first-order chi connectivity index (χ1) is 17.4. The van der Waals surface area contributed by atoms with Gasteiger partial charge in [-0.25, -0.2) is 22.0 Å². The smallest absolute Gasteiger partial charge is 0.225 e. The number of hydrogen-bond acceptors (Lipinski definition) is 6. The van der Waals surface area contributed by atoms with Gasteiger partial charge in [-0.2, -0.15) is 12.8 Å². The Morgan fingerprint density at radius 1 is 0.541 bits per heavy atom. The highest BCUT2D eigenvalue weighted by Crippen LogP contribution is 2.13. The van der Waals surface area contributed by atoms with Crippen molar-refractivity contribution in [1.29, 1.82) is 0 Å². The fraction of sp³-hybridized carbons (Fsp3) is 0. The van der Waals surface area contributed by atoms with Gasteiger partial charge in [0.05, 0.1) is 14.7 Å². The molecule has 8 nitrogen and oxygen atoms in total. The van der Waals surface area contributed by atoms with E-state index < -0.39 is 29.1 Å². The molecule has 0 aliphatic heterocycles. The van der Waals surface area contributed by atoms with Crippen LogP contribution in [0.3, 0.4) is 0 Å². The summed E-state index contributed by atoms with van der Waals surface area (Å²) >= 11 is 0. The van der Waals surface area contributed by atoms with E-state index in [2.05, 4.69) is 4.40 Å². The number of primary sulfonamides is 1. The molecule has 0 aliphatic rings. The second-order valence-corrected chi connectivity index (χ2v) is 12.8. The van der Waals surface area contributed by atoms with E-state index in [0.717, 1.165) is 5.56 Å². The molecule has 0 amide bonds. The first-order valence-electron chi connectivity index (χ1n) is 10.4. The monoisotopic (exact) mass is 578 g/mol. The molecule has 0 unspecified atom stereocenters. The summed E-state index contributed by atoms with van der Waals surface area (Å²) in [7, 11) is -5.59. The number of rotatable bonds is 5. The van der Waals surface area contributed by atoms with Crippen LogP contribution in [0.1, 0.15) is 5.56 Å². The van der Waals surface area contributed by atoms with Gasteiger partial charge in [0, 0.05) is 16.9 Å². The van der Waals surface area contributed by atoms with Crippen molar-refractivity contribution in [2.75, 3.05) is 0 Å². The van der Waals surface area contributed by atoms with Crippen molar-refractivity contribution in [1.82, 2.24) is 0 Å². The van der Waals surface area contributed by atoms with Crippen molar-refractivity contribution in [3.05, 3.63) is 127 Å². The lowest BCUT2D eigenvalue weighted by Gasteiger charge is -1.97. The zero-order chi connectivity index (χ0) is 27.4. The maximum Gasteiger partial charge on any atom is 0.282 e. The molecule has 0 aromatic heterocycles. The van der Waals surface area contributed by atoms with Crippen molar-refractivity contribution < 1.29 is 25.3 Å². The second-order valence-electron chi connectivity index (χ2n) is 7.04. The van der Waals surface area contributed by atoms with Crippen LogP contribution in [0, 0.1) is 0 Å². The average molecular weight is 579 g/mol. The SMILES string of the molecule is NS(=O)(=O)c1ccccc1.O=S(=O)(Cl)c1ccccc1.O=S(=O)(N=Cc1ccccc1)c1ccccc1. The highest BCUT2D eigenvalue weighted by molar-refractivity contribution is 8.13. The third-order valence-electron chi connectivity index (χ3n) is 4.28. The van der Waals surface area contributed by atoms with Crippen LogP contribution in [0.2, 0.25) is 0 Å². The van der Waals surface area contributed by atoms with E-state index >= 15 is 0 Å². The summed E-state index contributed by atoms with van der Waals surface area (Å²) in [5.74, 6) is 0. The van der Waals surface area contributed by atoms with Crippen molar-refractivity contribution in [3.8, 4) is 0 Å². The molecule has 4 aromatic carbocycles. The number of nitrogens with zero attached hydrogens (tertiary/aromatic N) is 1. The topological polar surface area (TPSA) is 141 Å². The minimum atomic E-state index is -3.59. The van der Waals surface area contributed by atoms with Gasteiger partial charge in [-0.3, -0.25) is 0 Å². The first kappa shape index (κ1) is 29.9. The number of sulfonamides is 2. The normalized spacial score (nSPS) is 11.5. The fourth-order valence-corrected chi connectivity index (χ4v) is 4.73. The van der Waals surface area contributed by atoms with Crippen LogP contribution in [0.25, 0.3) is 0 Å². The Bertz CT molecular complexity index is 1530. The Hall–Kier alpha value is -3.35. The van der Waals surface area contributed by atoms with Crippen LogP contribution in [0.5, 0.6) is 0 Å². The number of hydrogen-bond donors (Lipinski definition) is 1. The van der Waals surface area contributed by atoms with Crippen LogP contribution >= 0.6 is 10.7 Å². The predicted octanol–water partition coefficient (Wildman–Crippen LogP) is 4.44. The lowest BCUT2D eigenvalue weighted by molar-refractivity contribution is 0.596. The summed E-state index contributed by atoms with van der Waals surface area (Å²) in [6.45, 7) is 0. The summed E-state index contributed by atoms with van der Waals surface area (Å²) < 4.78 is 69.7. The van der Waals surface area contributed by atoms with Gasteiger partial charge in [0.1, 0.15) is 0 Å². The molecule has 2 N–H and O–H groups in total. The molecule has 37 heavy (non-hydrogen) atoms. The van der Waals surface area contributed by atoms with Gasteiger partial charge in [0.2, 0.25) is 10.0 Å². The van der Waals surface area contributed by atoms with Gasteiger partial charge < -0.3 is 0 Å². The van der Waals surface area contributed by atoms with Gasteiger partial charge in [0.15, 0.2) is 0 Å². The predicted molar refractivity (Wildman–Crippen MR) is 145 cm³/mol. The molecule has 0 saturated heterocycles. The summed E-state index contributed by atoms with van der Waals surface area (Å²) in [6, 6.07) is 33.0. The van der Waals surface area contributed by atoms with E-state index in [1.807, 2.05) is 18.2 Å². The van der Waals surface area contributed by atoms with E-state index in [0.29, 0.717) is 0 Å². The molecule has 0 bridgehead atoms. The molecular weight excluding hydrogens is 556 g/mol. The van der Waals surface area contributed by atoms with Crippen LogP contribution in [0.15, 0.2) is 140 Å². The van der Waals surface area contributed by atoms with Crippen LogP contribution < -0.4 is 5.14 Å². The molecule has 0 atom stereocenters. The fourth-order valence-electron chi connectivity index (χ4n) is 2.52. The maximum absolute atomic E-state index is 11.8. The molecule has 12 heteroatoms. The summed E-state index contributed by atoms with van der Waals surface area (Å²) in [5.41, 5.74) is 0.756. The molecule has 194 valence electrons. The molecule has 0 aliphatic carbocycles. The van der Waals surface area contributed by atoms with Crippen molar-refractivity contribution >= 4 is 46.0 Å². The summed E-state index contributed by atoms with van der Waals surface area (Å²) in [4.78, 5) is 0.485. The number of nitrogens with two attached hydrogens (primary N) is 1. The largest absolute Gasteiger partial charge is 0.282 e. The van der Waals surface area contributed by atoms with Gasteiger partial charge in [-0.05, 0) is 42.0 Å². The highest BCUT2D eigenvalue weighted by atomic mass is 35.7. The number of benzene rings is 4. The van der Waals surface area contributed by atoms with Gasteiger partial charge in [-0.1, -0.05) is 84.9 Å². The molecule has 4 aromatic rings. The van der Waals surface area contributed by atoms with E-state index in [9.17, 15) is 25.3 Å². The van der Waals surface area contributed by atoms with E-state index in [-0.39, 0.29) is 14.7 Å². The van der Waals surface area contributed by atoms with Gasteiger partial charge >= 0.3 is 0 Å². The Kier molecular flexibility index (Phi) is 11.2. The van der Waals surface area contributed by atoms with Gasteiger partial charge in [-0.15, -0.1) is 0 Å². The number of halogens is 1. The molecule has 0 radical (unpaired) electrons. The Morgan fingerprint density at radius 2 is 0.892 bits per heavy atom. The summed E-state index contributed by atoms with van der Waals surface area (Å²) in [5, 5.41) is 4.83. The molecule has 0 saturated carbocycles. The molecular formula is C25H23ClN2O6S3. The van der Waals surface area contributed by atoms with Crippen LogP contribution in [-0.4, -0.2) is 31.5 Å². The van der Waals surface area contributed by atoms with E-state index in [4.69, 9.17) is 15.8 Å². The van der Waals surface area contributed by atoms with Crippen molar-refractivity contribution in [3.63, 3.8) is 0 Å². The van der Waals surface area contributed by atoms with Crippen LogP contribution in [-0.2, 0) is 29.1 Å². The second kappa shape index (κ2) is 13.8. The Balaban J connectivity index is 0.000000208. The Labute approximate surface area is 221 Å². The molecule has 0 spiro atoms. The first-order valence-corrected chi connectivity index (χ1v) is 15.7. The molecule has 4 rings (SSSR count). The van der Waals surface area contributed by atoms with Crippen LogP contribution in [0.4, 0.5) is 0 Å². The van der Waals surface area contributed by atoms with Crippen molar-refractivity contribution in [2.45, 2.75) is 14.7 Å².